The van der Waals surface area contributed by atoms with Gasteiger partial charge < -0.3 is 29.0 Å². The fourth-order valence-electron chi connectivity index (χ4n) is 3.91. The first kappa shape index (κ1) is 17.5. The summed E-state index contributed by atoms with van der Waals surface area (Å²) >= 11 is 0. The number of nitrogens with zero attached hydrogens (tertiary/aromatic N) is 2. The summed E-state index contributed by atoms with van der Waals surface area (Å²) in [7, 11) is 1.64. The smallest absolute Gasteiger partial charge is 0.322 e. The molecule has 29 heavy (non-hydrogen) atoms. The minimum atomic E-state index is -0.182. The number of rotatable bonds is 3. The molecular weight excluding hydrogens is 370 g/mol. The lowest BCUT2D eigenvalue weighted by atomic mass is 10.00. The van der Waals surface area contributed by atoms with E-state index in [2.05, 4.69) is 22.1 Å². The minimum absolute atomic E-state index is 0.155. The van der Waals surface area contributed by atoms with Gasteiger partial charge in [-0.05, 0) is 42.0 Å². The molecule has 0 unspecified atom stereocenters. The van der Waals surface area contributed by atoms with Gasteiger partial charge in [0.15, 0.2) is 11.5 Å². The van der Waals surface area contributed by atoms with Crippen LogP contribution < -0.4 is 19.5 Å². The number of carbonyl (C=O) groups is 1. The Hall–Kier alpha value is -3.61. The van der Waals surface area contributed by atoms with Gasteiger partial charge >= 0.3 is 6.03 Å². The van der Waals surface area contributed by atoms with E-state index >= 15 is 0 Å². The van der Waals surface area contributed by atoms with Gasteiger partial charge in [-0.2, -0.15) is 0 Å². The van der Waals surface area contributed by atoms with Gasteiger partial charge in [0.2, 0.25) is 6.79 Å². The molecule has 1 aromatic heterocycles. The minimum Gasteiger partial charge on any atom is -0.497 e. The number of amides is 2. The van der Waals surface area contributed by atoms with Crippen LogP contribution in [0.3, 0.4) is 0 Å². The number of aromatic nitrogens is 1. The molecule has 2 aliphatic rings. The number of hydrogen-bond acceptors (Lipinski definition) is 4. The molecule has 2 aliphatic heterocycles. The average molecular weight is 391 g/mol. The molecule has 3 heterocycles. The van der Waals surface area contributed by atoms with Crippen LogP contribution in [0.5, 0.6) is 17.2 Å². The first-order chi connectivity index (χ1) is 14.2. The third kappa shape index (κ3) is 3.14. The SMILES string of the molecule is COc1ccc([C@H]2c3cccn3CCN2C(=O)Nc2ccc3c(c2)OCO3)cc1. The fourth-order valence-corrected chi connectivity index (χ4v) is 3.91. The van der Waals surface area contributed by atoms with Crippen molar-refractivity contribution in [3.05, 3.63) is 72.1 Å². The summed E-state index contributed by atoms with van der Waals surface area (Å²) in [5.41, 5.74) is 2.79. The molecule has 3 aromatic rings. The first-order valence-corrected chi connectivity index (χ1v) is 9.49. The Morgan fingerprint density at radius 1 is 1.07 bits per heavy atom. The Balaban J connectivity index is 1.44. The zero-order chi connectivity index (χ0) is 19.8. The van der Waals surface area contributed by atoms with Crippen molar-refractivity contribution >= 4 is 11.7 Å². The van der Waals surface area contributed by atoms with Crippen molar-refractivity contribution in [2.75, 3.05) is 25.8 Å². The lowest BCUT2D eigenvalue weighted by Crippen LogP contribution is -2.44. The Labute approximate surface area is 168 Å². The number of methoxy groups -OCH3 is 1. The summed E-state index contributed by atoms with van der Waals surface area (Å²) in [6.07, 6.45) is 2.05. The van der Waals surface area contributed by atoms with Crippen LogP contribution in [0.15, 0.2) is 60.8 Å². The van der Waals surface area contributed by atoms with E-state index in [4.69, 9.17) is 14.2 Å². The van der Waals surface area contributed by atoms with Crippen LogP contribution in [0.4, 0.5) is 10.5 Å². The van der Waals surface area contributed by atoms with Gasteiger partial charge in [-0.15, -0.1) is 0 Å². The van der Waals surface area contributed by atoms with Crippen LogP contribution in [-0.2, 0) is 6.54 Å². The lowest BCUT2D eigenvalue weighted by Gasteiger charge is -2.37. The normalized spacial score (nSPS) is 17.0. The second kappa shape index (κ2) is 7.09. The number of benzene rings is 2. The fraction of sp³-hybridized carbons (Fsp3) is 0.227. The average Bonchev–Trinajstić information content (AvgIpc) is 3.42. The third-order valence-electron chi connectivity index (χ3n) is 5.35. The van der Waals surface area contributed by atoms with Crippen molar-refractivity contribution in [2.45, 2.75) is 12.6 Å². The molecule has 7 nitrogen and oxygen atoms in total. The number of fused-ring (bicyclic) bond motifs is 2. The Bertz CT molecular complexity index is 1040. The van der Waals surface area contributed by atoms with E-state index in [0.29, 0.717) is 23.7 Å². The van der Waals surface area contributed by atoms with Gasteiger partial charge in [-0.1, -0.05) is 12.1 Å². The molecule has 5 rings (SSSR count). The molecular formula is C22H21N3O4. The number of nitrogens with one attached hydrogen (secondary N) is 1. The number of urea groups is 1. The van der Waals surface area contributed by atoms with Gasteiger partial charge in [0, 0.05) is 36.7 Å². The second-order valence-electron chi connectivity index (χ2n) is 6.99. The molecule has 0 spiro atoms. The van der Waals surface area contributed by atoms with E-state index in [1.165, 1.54) is 0 Å². The maximum absolute atomic E-state index is 13.2. The third-order valence-corrected chi connectivity index (χ3v) is 5.35. The molecule has 2 aromatic carbocycles. The van der Waals surface area contributed by atoms with Crippen molar-refractivity contribution in [3.8, 4) is 17.2 Å². The highest BCUT2D eigenvalue weighted by molar-refractivity contribution is 5.90. The highest BCUT2D eigenvalue weighted by atomic mass is 16.7. The summed E-state index contributed by atoms with van der Waals surface area (Å²) in [6, 6.07) is 17.0. The molecule has 7 heteroatoms. The van der Waals surface area contributed by atoms with E-state index in [-0.39, 0.29) is 18.9 Å². The largest absolute Gasteiger partial charge is 0.497 e. The lowest BCUT2D eigenvalue weighted by molar-refractivity contribution is 0.174. The van der Waals surface area contributed by atoms with Crippen molar-refractivity contribution in [3.63, 3.8) is 0 Å². The molecule has 0 saturated heterocycles. The van der Waals surface area contributed by atoms with E-state index in [1.807, 2.05) is 41.3 Å². The molecule has 0 saturated carbocycles. The highest BCUT2D eigenvalue weighted by Gasteiger charge is 2.32. The summed E-state index contributed by atoms with van der Waals surface area (Å²) in [6.45, 7) is 1.56. The quantitative estimate of drug-likeness (QED) is 0.736. The van der Waals surface area contributed by atoms with Crippen LogP contribution in [0, 0.1) is 0 Å². The molecule has 1 N–H and O–H groups in total. The topological polar surface area (TPSA) is 65.0 Å². The van der Waals surface area contributed by atoms with E-state index in [0.717, 1.165) is 23.6 Å². The number of carbonyl (C=O) groups excluding carboxylic acids is 1. The predicted molar refractivity (Wildman–Crippen MR) is 108 cm³/mol. The van der Waals surface area contributed by atoms with E-state index in [9.17, 15) is 4.79 Å². The predicted octanol–water partition coefficient (Wildman–Crippen LogP) is 3.86. The first-order valence-electron chi connectivity index (χ1n) is 9.49. The van der Waals surface area contributed by atoms with Crippen LogP contribution in [0.1, 0.15) is 17.3 Å². The molecule has 148 valence electrons. The standard InChI is InChI=1S/C22H21N3O4/c1-27-17-7-4-15(5-8-17)21-18-3-2-10-24(18)11-12-25(21)22(26)23-16-6-9-19-20(13-16)29-14-28-19/h2-10,13,21H,11-12,14H2,1H3,(H,23,26)/t21-/m0/s1. The molecule has 0 bridgehead atoms. The summed E-state index contributed by atoms with van der Waals surface area (Å²) in [4.78, 5) is 15.1. The summed E-state index contributed by atoms with van der Waals surface area (Å²) in [5.74, 6) is 2.12. The molecule has 0 radical (unpaired) electrons. The van der Waals surface area contributed by atoms with Crippen molar-refractivity contribution in [2.24, 2.45) is 0 Å². The van der Waals surface area contributed by atoms with Gasteiger partial charge in [0.05, 0.1) is 13.2 Å². The second-order valence-corrected chi connectivity index (χ2v) is 6.99. The molecule has 0 fully saturated rings. The monoisotopic (exact) mass is 391 g/mol. The Morgan fingerprint density at radius 2 is 1.90 bits per heavy atom. The van der Waals surface area contributed by atoms with E-state index < -0.39 is 0 Å². The summed E-state index contributed by atoms with van der Waals surface area (Å²) in [5, 5.41) is 3.00. The van der Waals surface area contributed by atoms with Crippen molar-refractivity contribution < 1.29 is 19.0 Å². The molecule has 0 aliphatic carbocycles. The number of anilines is 1. The van der Waals surface area contributed by atoms with Crippen molar-refractivity contribution in [1.82, 2.24) is 9.47 Å². The van der Waals surface area contributed by atoms with E-state index in [1.54, 1.807) is 19.2 Å². The van der Waals surface area contributed by atoms with Crippen LogP contribution in [0.25, 0.3) is 0 Å². The maximum atomic E-state index is 13.2. The Kier molecular flexibility index (Phi) is 4.27. The highest BCUT2D eigenvalue weighted by Crippen LogP contribution is 2.36. The zero-order valence-electron chi connectivity index (χ0n) is 16.0. The number of hydrogen-bond donors (Lipinski definition) is 1. The van der Waals surface area contributed by atoms with Crippen LogP contribution >= 0.6 is 0 Å². The van der Waals surface area contributed by atoms with Gasteiger partial charge in [0.1, 0.15) is 5.75 Å². The Morgan fingerprint density at radius 3 is 2.72 bits per heavy atom. The van der Waals surface area contributed by atoms with Gasteiger partial charge in [-0.25, -0.2) is 4.79 Å². The number of ether oxygens (including phenoxy) is 3. The maximum Gasteiger partial charge on any atom is 0.322 e. The zero-order valence-corrected chi connectivity index (χ0v) is 16.0. The van der Waals surface area contributed by atoms with Crippen molar-refractivity contribution in [1.29, 1.82) is 0 Å². The van der Waals surface area contributed by atoms with Gasteiger partial charge in [-0.3, -0.25) is 0 Å². The molecule has 1 atom stereocenters. The van der Waals surface area contributed by atoms with Crippen LogP contribution in [0.2, 0.25) is 0 Å². The van der Waals surface area contributed by atoms with Gasteiger partial charge in [0.25, 0.3) is 0 Å². The summed E-state index contributed by atoms with van der Waals surface area (Å²) < 4.78 is 18.2. The molecule has 2 amide bonds. The van der Waals surface area contributed by atoms with Crippen LogP contribution in [-0.4, -0.2) is 35.9 Å².